The topological polar surface area (TPSA) is 128 Å². The number of nitrogens with one attached hydrogen (secondary N) is 2. The first-order valence-electron chi connectivity index (χ1n) is 9.72. The largest absolute Gasteiger partial charge is 0.461 e. The normalized spacial score (nSPS) is 11.4. The first-order chi connectivity index (χ1) is 15.6. The Hall–Kier alpha value is -4.80. The van der Waals surface area contributed by atoms with E-state index in [2.05, 4.69) is 35.8 Å². The van der Waals surface area contributed by atoms with Gasteiger partial charge in [-0.15, -0.1) is 5.10 Å². The Morgan fingerprint density at radius 3 is 2.75 bits per heavy atom. The van der Waals surface area contributed by atoms with Crippen LogP contribution in [-0.2, 0) is 7.05 Å². The first kappa shape index (κ1) is 18.0. The van der Waals surface area contributed by atoms with Gasteiger partial charge >= 0.3 is 6.03 Å². The molecule has 5 heterocycles. The maximum Gasteiger partial charge on any atom is 0.327 e. The Bertz CT molecular complexity index is 1620. The molecule has 6 aromatic rings. The van der Waals surface area contributed by atoms with Gasteiger partial charge in [0.05, 0.1) is 17.2 Å². The summed E-state index contributed by atoms with van der Waals surface area (Å²) in [5, 5.41) is 15.9. The fourth-order valence-corrected chi connectivity index (χ4v) is 3.47. The van der Waals surface area contributed by atoms with Crippen molar-refractivity contribution in [2.24, 2.45) is 7.05 Å². The highest BCUT2D eigenvalue weighted by Crippen LogP contribution is 2.24. The first-order valence-corrected chi connectivity index (χ1v) is 9.72. The van der Waals surface area contributed by atoms with Gasteiger partial charge in [0.2, 0.25) is 11.8 Å². The van der Waals surface area contributed by atoms with E-state index in [4.69, 9.17) is 4.42 Å². The predicted molar refractivity (Wildman–Crippen MR) is 117 cm³/mol. The van der Waals surface area contributed by atoms with Gasteiger partial charge in [0.1, 0.15) is 5.82 Å². The van der Waals surface area contributed by atoms with Gasteiger partial charge < -0.3 is 4.42 Å². The summed E-state index contributed by atoms with van der Waals surface area (Å²) in [6, 6.07) is 14.3. The molecule has 0 saturated heterocycles. The van der Waals surface area contributed by atoms with E-state index in [9.17, 15) is 4.79 Å². The molecule has 0 atom stereocenters. The van der Waals surface area contributed by atoms with Crippen LogP contribution >= 0.6 is 0 Å². The predicted octanol–water partition coefficient (Wildman–Crippen LogP) is 3.46. The van der Waals surface area contributed by atoms with Crippen molar-refractivity contribution < 1.29 is 9.21 Å². The van der Waals surface area contributed by atoms with Crippen LogP contribution in [0, 0.1) is 0 Å². The molecule has 11 nitrogen and oxygen atoms in total. The van der Waals surface area contributed by atoms with Crippen LogP contribution in [0.4, 0.5) is 16.6 Å². The number of hydrogen-bond acceptors (Lipinski definition) is 7. The zero-order chi connectivity index (χ0) is 21.7. The molecule has 0 radical (unpaired) electrons. The van der Waals surface area contributed by atoms with Crippen LogP contribution in [0.2, 0.25) is 0 Å². The molecule has 2 N–H and O–H groups in total. The van der Waals surface area contributed by atoms with Crippen molar-refractivity contribution in [1.82, 2.24) is 34.3 Å². The summed E-state index contributed by atoms with van der Waals surface area (Å²) in [6.45, 7) is 0. The number of nitrogens with zero attached hydrogens (tertiary/aromatic N) is 7. The molecular weight excluding hydrogens is 410 g/mol. The average Bonchev–Trinajstić information content (AvgIpc) is 3.52. The standard InChI is InChI=1S/C21H15N9O2/c1-29-11-13-17(27-29)25-20(30-19(13)24-18(28-30)15-7-4-10-32-15)26-21(31)23-16-9-8-12-5-2-3-6-14(12)22-16/h2-11H,1H3,(H2,22,23,25,26,27,31). The van der Waals surface area contributed by atoms with Gasteiger partial charge in [0, 0.05) is 18.6 Å². The second-order valence-corrected chi connectivity index (χ2v) is 7.09. The molecule has 11 heteroatoms. The lowest BCUT2D eigenvalue weighted by atomic mass is 10.2. The van der Waals surface area contributed by atoms with Crippen molar-refractivity contribution in [3.8, 4) is 11.6 Å². The maximum atomic E-state index is 12.7. The van der Waals surface area contributed by atoms with Crippen LogP contribution in [0.25, 0.3) is 39.2 Å². The number of furan rings is 1. The van der Waals surface area contributed by atoms with Crippen molar-refractivity contribution in [3.05, 3.63) is 61.0 Å². The van der Waals surface area contributed by atoms with Gasteiger partial charge in [-0.2, -0.15) is 14.6 Å². The summed E-state index contributed by atoms with van der Waals surface area (Å²) in [5.41, 5.74) is 1.70. The molecule has 2 amide bonds. The Kier molecular flexibility index (Phi) is 3.87. The number of rotatable bonds is 3. The summed E-state index contributed by atoms with van der Waals surface area (Å²) in [6.07, 6.45) is 3.34. The zero-order valence-electron chi connectivity index (χ0n) is 16.7. The smallest absolute Gasteiger partial charge is 0.327 e. The molecule has 6 rings (SSSR count). The fourth-order valence-electron chi connectivity index (χ4n) is 3.47. The van der Waals surface area contributed by atoms with Crippen LogP contribution in [0.5, 0.6) is 0 Å². The van der Waals surface area contributed by atoms with E-state index in [0.29, 0.717) is 34.1 Å². The molecule has 156 valence electrons. The van der Waals surface area contributed by atoms with E-state index in [1.54, 1.807) is 42.4 Å². The number of pyridine rings is 1. The highest BCUT2D eigenvalue weighted by atomic mass is 16.3. The minimum atomic E-state index is -0.521. The minimum Gasteiger partial charge on any atom is -0.461 e. The third kappa shape index (κ3) is 2.99. The quantitative estimate of drug-likeness (QED) is 0.444. The number of anilines is 2. The molecule has 5 aromatic heterocycles. The summed E-state index contributed by atoms with van der Waals surface area (Å²) in [4.78, 5) is 26.2. The molecule has 0 unspecified atom stereocenters. The van der Waals surface area contributed by atoms with E-state index < -0.39 is 6.03 Å². The average molecular weight is 425 g/mol. The van der Waals surface area contributed by atoms with Crippen molar-refractivity contribution >= 4 is 45.4 Å². The van der Waals surface area contributed by atoms with Crippen LogP contribution < -0.4 is 10.6 Å². The maximum absolute atomic E-state index is 12.7. The number of urea groups is 1. The molecule has 32 heavy (non-hydrogen) atoms. The number of fused-ring (bicyclic) bond motifs is 4. The molecular formula is C21H15N9O2. The van der Waals surface area contributed by atoms with Gasteiger partial charge in [-0.25, -0.2) is 14.8 Å². The third-order valence-corrected chi connectivity index (χ3v) is 4.88. The van der Waals surface area contributed by atoms with E-state index in [1.807, 2.05) is 30.3 Å². The van der Waals surface area contributed by atoms with E-state index in [-0.39, 0.29) is 5.95 Å². The molecule has 0 saturated carbocycles. The fraction of sp³-hybridized carbons (Fsp3) is 0.0476. The lowest BCUT2D eigenvalue weighted by Gasteiger charge is -2.08. The second kappa shape index (κ2) is 6.87. The molecule has 0 spiro atoms. The Balaban J connectivity index is 1.38. The highest BCUT2D eigenvalue weighted by Gasteiger charge is 2.19. The minimum absolute atomic E-state index is 0.162. The van der Waals surface area contributed by atoms with Crippen LogP contribution in [-0.4, -0.2) is 40.4 Å². The monoisotopic (exact) mass is 425 g/mol. The number of hydrogen-bond donors (Lipinski definition) is 2. The number of amides is 2. The summed E-state index contributed by atoms with van der Waals surface area (Å²) in [7, 11) is 1.78. The van der Waals surface area contributed by atoms with Crippen molar-refractivity contribution in [2.75, 3.05) is 10.6 Å². The number of aromatic nitrogens is 7. The van der Waals surface area contributed by atoms with Crippen LogP contribution in [0.3, 0.4) is 0 Å². The molecule has 0 fully saturated rings. The number of para-hydroxylation sites is 1. The Labute approximate surface area is 179 Å². The molecule has 0 bridgehead atoms. The van der Waals surface area contributed by atoms with Gasteiger partial charge in [0.15, 0.2) is 17.1 Å². The molecule has 0 aliphatic rings. The Morgan fingerprint density at radius 2 is 1.88 bits per heavy atom. The zero-order valence-corrected chi connectivity index (χ0v) is 16.7. The summed E-state index contributed by atoms with van der Waals surface area (Å²) >= 11 is 0. The van der Waals surface area contributed by atoms with E-state index in [0.717, 1.165) is 10.9 Å². The molecule has 0 aliphatic heterocycles. The molecule has 0 aliphatic carbocycles. The number of carbonyl (C=O) groups is 1. The lowest BCUT2D eigenvalue weighted by Crippen LogP contribution is -2.22. The van der Waals surface area contributed by atoms with Crippen molar-refractivity contribution in [1.29, 1.82) is 0 Å². The van der Waals surface area contributed by atoms with Crippen LogP contribution in [0.15, 0.2) is 65.4 Å². The highest BCUT2D eigenvalue weighted by molar-refractivity contribution is 6.00. The molecule has 1 aromatic carbocycles. The number of carbonyl (C=O) groups excluding carboxylic acids is 1. The van der Waals surface area contributed by atoms with Crippen molar-refractivity contribution in [2.45, 2.75) is 0 Å². The third-order valence-electron chi connectivity index (χ3n) is 4.88. The van der Waals surface area contributed by atoms with Crippen molar-refractivity contribution in [3.63, 3.8) is 0 Å². The number of aryl methyl sites for hydroxylation is 1. The summed E-state index contributed by atoms with van der Waals surface area (Å²) < 4.78 is 8.49. The van der Waals surface area contributed by atoms with Crippen LogP contribution in [0.1, 0.15) is 0 Å². The lowest BCUT2D eigenvalue weighted by molar-refractivity contribution is 0.262. The van der Waals surface area contributed by atoms with Gasteiger partial charge in [-0.3, -0.25) is 15.3 Å². The van der Waals surface area contributed by atoms with E-state index >= 15 is 0 Å². The summed E-state index contributed by atoms with van der Waals surface area (Å²) in [5.74, 6) is 1.44. The Morgan fingerprint density at radius 1 is 0.969 bits per heavy atom. The van der Waals surface area contributed by atoms with E-state index in [1.165, 1.54) is 4.52 Å². The second-order valence-electron chi connectivity index (χ2n) is 7.09. The SMILES string of the molecule is Cn1cc2c(nc(NC(=O)Nc3ccc4ccccc4n3)n3nc(-c4ccco4)nc23)n1. The van der Waals surface area contributed by atoms with Gasteiger partial charge in [-0.05, 0) is 30.3 Å². The van der Waals surface area contributed by atoms with Gasteiger partial charge in [-0.1, -0.05) is 18.2 Å². The number of benzene rings is 1. The van der Waals surface area contributed by atoms with Gasteiger partial charge in [0.25, 0.3) is 0 Å².